The Morgan fingerprint density at radius 3 is 1.52 bits per heavy atom. The second-order valence-electron chi connectivity index (χ2n) is 13.2. The second-order valence-corrected chi connectivity index (χ2v) is 13.2. The number of aliphatic carboxylic acids is 4. The van der Waals surface area contributed by atoms with E-state index < -0.39 is 91.6 Å². The Labute approximate surface area is 283 Å². The fourth-order valence-corrected chi connectivity index (χ4v) is 5.56. The van der Waals surface area contributed by atoms with Gasteiger partial charge in [0, 0.05) is 6.04 Å². The number of unbranched alkanes of at least 4 members (excludes halogenated alkanes) is 6. The summed E-state index contributed by atoms with van der Waals surface area (Å²) in [5.74, 6) is -11.1. The largest absolute Gasteiger partial charge is 0.481 e. The molecule has 0 aromatic rings. The van der Waals surface area contributed by atoms with Crippen LogP contribution in [0.3, 0.4) is 0 Å². The summed E-state index contributed by atoms with van der Waals surface area (Å²) in [6.07, 6.45) is 3.89. The Morgan fingerprint density at radius 2 is 1.08 bits per heavy atom. The van der Waals surface area contributed by atoms with E-state index in [0.29, 0.717) is 12.8 Å². The third-order valence-electron chi connectivity index (χ3n) is 8.55. The van der Waals surface area contributed by atoms with E-state index in [0.717, 1.165) is 57.8 Å². The molecule has 0 rings (SSSR count). The summed E-state index contributed by atoms with van der Waals surface area (Å²) in [4.78, 5) is 71.6. The Morgan fingerprint density at radius 1 is 0.625 bits per heavy atom. The molecule has 0 aliphatic heterocycles. The highest BCUT2D eigenvalue weighted by Gasteiger charge is 2.36. The molecule has 14 nitrogen and oxygen atoms in total. The van der Waals surface area contributed by atoms with Crippen LogP contribution in [0.25, 0.3) is 0 Å². The molecule has 2 unspecified atom stereocenters. The molecule has 0 aliphatic rings. The molecule has 0 saturated carbocycles. The number of carbonyl (C=O) groups excluding carboxylic acids is 2. The number of aliphatic hydroxyl groups excluding tert-OH is 1. The van der Waals surface area contributed by atoms with Crippen molar-refractivity contribution in [2.75, 3.05) is 0 Å². The lowest BCUT2D eigenvalue weighted by atomic mass is 9.87. The van der Waals surface area contributed by atoms with E-state index in [4.69, 9.17) is 25.4 Å². The molecule has 48 heavy (non-hydrogen) atoms. The quantitative estimate of drug-likeness (QED) is 0.0463. The van der Waals surface area contributed by atoms with Crippen LogP contribution in [0.5, 0.6) is 0 Å². The molecular weight excluding hydrogens is 630 g/mol. The van der Waals surface area contributed by atoms with Crippen LogP contribution < -0.4 is 5.73 Å². The van der Waals surface area contributed by atoms with Crippen molar-refractivity contribution in [3.8, 4) is 0 Å². The Hall–Kier alpha value is -3.26. The molecule has 0 saturated heterocycles. The molecule has 278 valence electrons. The molecule has 8 atom stereocenters. The van der Waals surface area contributed by atoms with Crippen LogP contribution in [0.1, 0.15) is 130 Å². The smallest absolute Gasteiger partial charge is 0.307 e. The lowest BCUT2D eigenvalue weighted by Gasteiger charge is -2.33. The van der Waals surface area contributed by atoms with Gasteiger partial charge in [-0.15, -0.1) is 0 Å². The zero-order valence-electron chi connectivity index (χ0n) is 29.0. The van der Waals surface area contributed by atoms with Crippen LogP contribution in [0.4, 0.5) is 0 Å². The molecule has 0 fully saturated rings. The molecule has 7 N–H and O–H groups in total. The lowest BCUT2D eigenvalue weighted by Crippen LogP contribution is -2.42. The fourth-order valence-electron chi connectivity index (χ4n) is 5.56. The first-order valence-corrected chi connectivity index (χ1v) is 17.2. The summed E-state index contributed by atoms with van der Waals surface area (Å²) < 4.78 is 11.5. The number of carboxylic acid groups (broad SMARTS) is 4. The summed E-state index contributed by atoms with van der Waals surface area (Å²) in [5, 5.41) is 46.9. The monoisotopic (exact) mass is 689 g/mol. The molecule has 0 radical (unpaired) electrons. The van der Waals surface area contributed by atoms with Gasteiger partial charge < -0.3 is 40.7 Å². The molecule has 0 heterocycles. The highest BCUT2D eigenvalue weighted by molar-refractivity contribution is 5.83. The van der Waals surface area contributed by atoms with Crippen molar-refractivity contribution < 1.29 is 63.8 Å². The van der Waals surface area contributed by atoms with Gasteiger partial charge in [-0.3, -0.25) is 28.8 Å². The predicted molar refractivity (Wildman–Crippen MR) is 175 cm³/mol. The van der Waals surface area contributed by atoms with E-state index in [-0.39, 0.29) is 24.3 Å². The van der Waals surface area contributed by atoms with Crippen LogP contribution in [0, 0.1) is 23.7 Å². The van der Waals surface area contributed by atoms with Gasteiger partial charge in [0.15, 0.2) is 0 Å². The van der Waals surface area contributed by atoms with Gasteiger partial charge in [0.2, 0.25) is 0 Å². The average Bonchev–Trinajstić information content (AvgIpc) is 2.98. The Balaban J connectivity index is 5.80. The van der Waals surface area contributed by atoms with Crippen LogP contribution in [-0.4, -0.2) is 85.7 Å². The van der Waals surface area contributed by atoms with Crippen LogP contribution in [-0.2, 0) is 38.2 Å². The first kappa shape index (κ1) is 44.7. The molecule has 0 aromatic carbocycles. The summed E-state index contributed by atoms with van der Waals surface area (Å²) in [6.45, 7) is 7.49. The average molecular weight is 690 g/mol. The summed E-state index contributed by atoms with van der Waals surface area (Å²) in [5.41, 5.74) is 5.69. The van der Waals surface area contributed by atoms with Crippen molar-refractivity contribution in [3.05, 3.63) is 0 Å². The van der Waals surface area contributed by atoms with Gasteiger partial charge in [-0.25, -0.2) is 0 Å². The van der Waals surface area contributed by atoms with Gasteiger partial charge in [-0.2, -0.15) is 0 Å². The topological polar surface area (TPSA) is 248 Å². The van der Waals surface area contributed by atoms with Gasteiger partial charge in [0.1, 0.15) is 12.2 Å². The van der Waals surface area contributed by atoms with E-state index >= 15 is 0 Å². The van der Waals surface area contributed by atoms with Crippen molar-refractivity contribution in [2.45, 2.75) is 155 Å². The van der Waals surface area contributed by atoms with Crippen molar-refractivity contribution in [1.82, 2.24) is 0 Å². The molecule has 0 aromatic heterocycles. The zero-order valence-corrected chi connectivity index (χ0v) is 29.0. The maximum absolute atomic E-state index is 13.0. The third-order valence-corrected chi connectivity index (χ3v) is 8.55. The molecule has 0 aliphatic carbocycles. The number of hydrogen-bond acceptors (Lipinski definition) is 10. The normalized spacial score (nSPS) is 16.4. The number of esters is 2. The van der Waals surface area contributed by atoms with Crippen molar-refractivity contribution in [2.24, 2.45) is 29.4 Å². The van der Waals surface area contributed by atoms with Gasteiger partial charge in [0.05, 0.1) is 43.6 Å². The first-order valence-electron chi connectivity index (χ1n) is 17.2. The van der Waals surface area contributed by atoms with Crippen LogP contribution >= 0.6 is 0 Å². The number of ether oxygens (including phenoxy) is 2. The number of nitrogens with two attached hydrogens (primary N) is 1. The summed E-state index contributed by atoms with van der Waals surface area (Å²) in [6, 6.07) is -0.255. The van der Waals surface area contributed by atoms with Crippen molar-refractivity contribution in [1.29, 1.82) is 0 Å². The fraction of sp³-hybridized carbons (Fsp3) is 0.824. The minimum atomic E-state index is -1.53. The number of hydrogen-bond donors (Lipinski definition) is 6. The SMILES string of the molecule is CCCC[C@H](C)[C@H](OC(=O)CC(CC(=O)O)C(=O)O)[C@@H](C[C@H](C)CCCCCCCC[C@H](O)[C@@H](C)N)OC(=O)CC(CC(=O)O)C(=O)O. The summed E-state index contributed by atoms with van der Waals surface area (Å²) in [7, 11) is 0. The maximum atomic E-state index is 13.0. The highest BCUT2D eigenvalue weighted by Crippen LogP contribution is 2.29. The Bertz CT molecular complexity index is 1000. The van der Waals surface area contributed by atoms with Crippen LogP contribution in [0.15, 0.2) is 0 Å². The molecule has 0 spiro atoms. The second kappa shape index (κ2) is 24.8. The van der Waals surface area contributed by atoms with E-state index in [1.165, 1.54) is 0 Å². The molecule has 14 heteroatoms. The van der Waals surface area contributed by atoms with Gasteiger partial charge in [-0.1, -0.05) is 78.6 Å². The molecular formula is C34H59NO13. The lowest BCUT2D eigenvalue weighted by molar-refractivity contribution is -0.177. The number of carboxylic acids is 4. The van der Waals surface area contributed by atoms with Gasteiger partial charge in [-0.05, 0) is 38.0 Å². The molecule has 0 amide bonds. The molecule has 0 bridgehead atoms. The number of carbonyl (C=O) groups is 6. The minimum Gasteiger partial charge on any atom is -0.481 e. The zero-order chi connectivity index (χ0) is 36.8. The van der Waals surface area contributed by atoms with Crippen molar-refractivity contribution in [3.63, 3.8) is 0 Å². The van der Waals surface area contributed by atoms with Crippen molar-refractivity contribution >= 4 is 35.8 Å². The third kappa shape index (κ3) is 20.9. The highest BCUT2D eigenvalue weighted by atomic mass is 16.6. The minimum absolute atomic E-state index is 0.0309. The predicted octanol–water partition coefficient (Wildman–Crippen LogP) is 4.62. The van der Waals surface area contributed by atoms with E-state index in [2.05, 4.69) is 0 Å². The van der Waals surface area contributed by atoms with E-state index in [9.17, 15) is 44.1 Å². The number of rotatable bonds is 29. The van der Waals surface area contributed by atoms with E-state index in [1.54, 1.807) is 13.8 Å². The maximum Gasteiger partial charge on any atom is 0.307 e. The Kier molecular flexibility index (Phi) is 23.1. The number of aliphatic hydroxyl groups is 1. The first-order chi connectivity index (χ1) is 22.5. The summed E-state index contributed by atoms with van der Waals surface area (Å²) >= 11 is 0. The standard InChI is InChI=1S/C34H59NO13/c1-5-6-14-22(3)32(48-31(42)20-25(34(45)46)18-29(39)40)27(47-30(41)19-24(33(43)44)17-28(37)38)16-21(2)13-11-9-7-8-10-12-15-26(36)23(4)35/h21-27,32,36H,5-20,35H2,1-4H3,(H,37,38)(H,39,40)(H,43,44)(H,45,46)/t21-,22+,23-,24?,25?,26+,27-,32+/m1/s1. The van der Waals surface area contributed by atoms with Gasteiger partial charge >= 0.3 is 35.8 Å². The van der Waals surface area contributed by atoms with E-state index in [1.807, 2.05) is 13.8 Å². The van der Waals surface area contributed by atoms with Crippen LogP contribution in [0.2, 0.25) is 0 Å². The van der Waals surface area contributed by atoms with Gasteiger partial charge in [0.25, 0.3) is 0 Å².